The molecule has 1 aromatic carbocycles. The lowest BCUT2D eigenvalue weighted by molar-refractivity contribution is -0.123. The molecule has 0 aliphatic heterocycles. The summed E-state index contributed by atoms with van der Waals surface area (Å²) in [5.41, 5.74) is 0.504. The molecule has 108 valence electrons. The molecule has 0 fully saturated rings. The third-order valence-corrected chi connectivity index (χ3v) is 2.96. The minimum atomic E-state index is -0.715. The number of rotatable bonds is 8. The summed E-state index contributed by atoms with van der Waals surface area (Å²) in [6.45, 7) is 6.15. The minimum absolute atomic E-state index is 0.193. The third kappa shape index (κ3) is 4.23. The zero-order chi connectivity index (χ0) is 15.0. The third-order valence-electron chi connectivity index (χ3n) is 2.96. The van der Waals surface area contributed by atoms with Crippen molar-refractivity contribution in [2.75, 3.05) is 13.7 Å². The Morgan fingerprint density at radius 1 is 1.35 bits per heavy atom. The molecular weight excluding hydrogens is 254 g/mol. The minimum Gasteiger partial charge on any atom is -0.497 e. The quantitative estimate of drug-likeness (QED) is 0.451. The van der Waals surface area contributed by atoms with Crippen LogP contribution in [0.5, 0.6) is 5.75 Å². The maximum Gasteiger partial charge on any atom is 0.231 e. The molecular formula is C16H21NO3. The van der Waals surface area contributed by atoms with Gasteiger partial charge in [0.2, 0.25) is 5.91 Å². The van der Waals surface area contributed by atoms with Gasteiger partial charge in [-0.05, 0) is 37.1 Å². The Kier molecular flexibility index (Phi) is 6.50. The maximum absolute atomic E-state index is 12.4. The van der Waals surface area contributed by atoms with Crippen molar-refractivity contribution in [1.82, 2.24) is 5.32 Å². The molecule has 4 heteroatoms. The van der Waals surface area contributed by atoms with Gasteiger partial charge >= 0.3 is 0 Å². The van der Waals surface area contributed by atoms with Crippen molar-refractivity contribution < 1.29 is 14.3 Å². The van der Waals surface area contributed by atoms with Crippen LogP contribution in [0.4, 0.5) is 0 Å². The lowest BCUT2D eigenvalue weighted by atomic mass is 9.93. The van der Waals surface area contributed by atoms with Gasteiger partial charge < -0.3 is 10.1 Å². The fraction of sp³-hybridized carbons (Fsp3) is 0.375. The number of Topliss-reactive ketones (excluding diaryl/α,β-unsaturated/α-hetero) is 1. The van der Waals surface area contributed by atoms with Crippen molar-refractivity contribution in [2.45, 2.75) is 19.8 Å². The Morgan fingerprint density at radius 3 is 2.50 bits per heavy atom. The highest BCUT2D eigenvalue weighted by atomic mass is 16.5. The number of nitrogens with one attached hydrogen (secondary N) is 1. The van der Waals surface area contributed by atoms with E-state index in [9.17, 15) is 9.59 Å². The van der Waals surface area contributed by atoms with Crippen molar-refractivity contribution in [3.63, 3.8) is 0 Å². The molecule has 0 saturated carbocycles. The zero-order valence-corrected chi connectivity index (χ0v) is 12.0. The van der Waals surface area contributed by atoms with E-state index >= 15 is 0 Å². The second-order valence-corrected chi connectivity index (χ2v) is 4.46. The molecule has 20 heavy (non-hydrogen) atoms. The van der Waals surface area contributed by atoms with Gasteiger partial charge in [-0.15, -0.1) is 6.58 Å². The van der Waals surface area contributed by atoms with E-state index in [1.165, 1.54) is 0 Å². The summed E-state index contributed by atoms with van der Waals surface area (Å²) in [5.74, 6) is -0.474. The highest BCUT2D eigenvalue weighted by molar-refractivity contribution is 6.10. The van der Waals surface area contributed by atoms with Crippen LogP contribution in [0, 0.1) is 5.92 Å². The molecule has 1 amide bonds. The summed E-state index contributed by atoms with van der Waals surface area (Å²) in [6, 6.07) is 6.76. The summed E-state index contributed by atoms with van der Waals surface area (Å²) < 4.78 is 5.05. The zero-order valence-electron chi connectivity index (χ0n) is 12.0. The average Bonchev–Trinajstić information content (AvgIpc) is 2.49. The second-order valence-electron chi connectivity index (χ2n) is 4.46. The van der Waals surface area contributed by atoms with Crippen LogP contribution in [0.1, 0.15) is 30.1 Å². The summed E-state index contributed by atoms with van der Waals surface area (Å²) in [5, 5.41) is 2.76. The number of allylic oxidation sites excluding steroid dienone is 1. The summed E-state index contributed by atoms with van der Waals surface area (Å²) in [7, 11) is 1.57. The molecule has 0 aliphatic carbocycles. The fourth-order valence-electron chi connectivity index (χ4n) is 1.83. The van der Waals surface area contributed by atoms with Crippen molar-refractivity contribution in [2.24, 2.45) is 5.92 Å². The highest BCUT2D eigenvalue weighted by Crippen LogP contribution is 2.17. The normalized spacial score (nSPS) is 11.5. The predicted molar refractivity (Wildman–Crippen MR) is 78.9 cm³/mol. The van der Waals surface area contributed by atoms with Gasteiger partial charge in [0, 0.05) is 12.1 Å². The van der Waals surface area contributed by atoms with Gasteiger partial charge in [-0.3, -0.25) is 9.59 Å². The van der Waals surface area contributed by atoms with Crippen LogP contribution >= 0.6 is 0 Å². The van der Waals surface area contributed by atoms with Crippen molar-refractivity contribution in [3.8, 4) is 5.75 Å². The topological polar surface area (TPSA) is 55.4 Å². The number of ether oxygens (including phenoxy) is 1. The smallest absolute Gasteiger partial charge is 0.231 e. The molecule has 0 heterocycles. The molecule has 0 radical (unpaired) electrons. The number of carbonyl (C=O) groups excluding carboxylic acids is 2. The first kappa shape index (κ1) is 16.0. The monoisotopic (exact) mass is 275 g/mol. The molecule has 0 aromatic heterocycles. The molecule has 0 bridgehead atoms. The summed E-state index contributed by atoms with van der Waals surface area (Å²) >= 11 is 0. The van der Waals surface area contributed by atoms with E-state index in [-0.39, 0.29) is 11.7 Å². The number of ketones is 1. The number of methoxy groups -OCH3 is 1. The highest BCUT2D eigenvalue weighted by Gasteiger charge is 2.25. The van der Waals surface area contributed by atoms with Gasteiger partial charge in [-0.1, -0.05) is 13.0 Å². The van der Waals surface area contributed by atoms with Crippen LogP contribution in [-0.2, 0) is 4.79 Å². The first-order valence-electron chi connectivity index (χ1n) is 6.70. The van der Waals surface area contributed by atoms with Crippen molar-refractivity contribution >= 4 is 11.7 Å². The van der Waals surface area contributed by atoms with E-state index in [1.807, 2.05) is 6.92 Å². The van der Waals surface area contributed by atoms with Gasteiger partial charge in [0.05, 0.1) is 7.11 Å². The Hall–Kier alpha value is -2.10. The predicted octanol–water partition coefficient (Wildman–Crippen LogP) is 2.60. The van der Waals surface area contributed by atoms with E-state index in [1.54, 1.807) is 37.5 Å². The first-order valence-corrected chi connectivity index (χ1v) is 6.70. The van der Waals surface area contributed by atoms with E-state index in [0.717, 1.165) is 6.42 Å². The van der Waals surface area contributed by atoms with Crippen LogP contribution in [-0.4, -0.2) is 25.3 Å². The van der Waals surface area contributed by atoms with E-state index < -0.39 is 5.92 Å². The lowest BCUT2D eigenvalue weighted by Gasteiger charge is -2.14. The molecule has 1 unspecified atom stereocenters. The van der Waals surface area contributed by atoms with Crippen molar-refractivity contribution in [3.05, 3.63) is 42.5 Å². The van der Waals surface area contributed by atoms with Crippen LogP contribution in [0.25, 0.3) is 0 Å². The molecule has 0 spiro atoms. The van der Waals surface area contributed by atoms with Gasteiger partial charge in [0.1, 0.15) is 11.7 Å². The van der Waals surface area contributed by atoms with E-state index in [0.29, 0.717) is 24.3 Å². The van der Waals surface area contributed by atoms with Gasteiger partial charge in [0.15, 0.2) is 5.78 Å². The van der Waals surface area contributed by atoms with Crippen molar-refractivity contribution in [1.29, 1.82) is 0 Å². The van der Waals surface area contributed by atoms with Gasteiger partial charge in [-0.2, -0.15) is 0 Å². The Morgan fingerprint density at radius 2 is 2.00 bits per heavy atom. The number of hydrogen-bond acceptors (Lipinski definition) is 3. The van der Waals surface area contributed by atoms with Gasteiger partial charge in [-0.25, -0.2) is 0 Å². The van der Waals surface area contributed by atoms with Crippen LogP contribution in [0.15, 0.2) is 36.9 Å². The number of hydrogen-bond donors (Lipinski definition) is 1. The van der Waals surface area contributed by atoms with Crippen LogP contribution < -0.4 is 10.1 Å². The molecule has 0 saturated heterocycles. The number of carbonyl (C=O) groups is 2. The Bertz CT molecular complexity index is 465. The van der Waals surface area contributed by atoms with E-state index in [4.69, 9.17) is 4.74 Å². The van der Waals surface area contributed by atoms with Crippen LogP contribution in [0.3, 0.4) is 0 Å². The molecule has 0 aliphatic rings. The molecule has 1 N–H and O–H groups in total. The van der Waals surface area contributed by atoms with Gasteiger partial charge in [0.25, 0.3) is 0 Å². The average molecular weight is 275 g/mol. The van der Waals surface area contributed by atoms with Crippen LogP contribution in [0.2, 0.25) is 0 Å². The summed E-state index contributed by atoms with van der Waals surface area (Å²) in [6.07, 6.45) is 2.77. The number of amides is 1. The fourth-order valence-corrected chi connectivity index (χ4v) is 1.83. The van der Waals surface area contributed by atoms with E-state index in [2.05, 4.69) is 11.9 Å². The summed E-state index contributed by atoms with van der Waals surface area (Å²) in [4.78, 5) is 24.4. The molecule has 1 aromatic rings. The maximum atomic E-state index is 12.4. The standard InChI is InChI=1S/C16H21NO3/c1-4-6-14(16(19)17-11-5-2)15(18)12-7-9-13(20-3)10-8-12/h4,7-10,14H,1,5-6,11H2,2-3H3,(H,17,19). The Labute approximate surface area is 119 Å². The molecule has 4 nitrogen and oxygen atoms in total. The molecule has 1 atom stereocenters. The molecule has 1 rings (SSSR count). The first-order chi connectivity index (χ1) is 9.63. The Balaban J connectivity index is 2.86. The lowest BCUT2D eigenvalue weighted by Crippen LogP contribution is -2.35. The second kappa shape index (κ2) is 8.15. The largest absolute Gasteiger partial charge is 0.497 e. The SMILES string of the molecule is C=CCC(C(=O)NCCC)C(=O)c1ccc(OC)cc1. The number of benzene rings is 1.